The van der Waals surface area contributed by atoms with Gasteiger partial charge in [-0.25, -0.2) is 13.1 Å². The lowest BCUT2D eigenvalue weighted by atomic mass is 9.92. The van der Waals surface area contributed by atoms with Crippen LogP contribution in [0.3, 0.4) is 0 Å². The monoisotopic (exact) mass is 473 g/mol. The maximum atomic E-state index is 13.2. The number of hydrogen-bond acceptors (Lipinski definition) is 5. The molecule has 1 aromatic heterocycles. The van der Waals surface area contributed by atoms with E-state index in [1.807, 2.05) is 41.5 Å². The zero-order valence-electron chi connectivity index (χ0n) is 19.9. The largest absolute Gasteiger partial charge is 0.392 e. The number of aryl methyl sites for hydroxylation is 3. The van der Waals surface area contributed by atoms with Gasteiger partial charge in [0.05, 0.1) is 23.7 Å². The lowest BCUT2D eigenvalue weighted by Crippen LogP contribution is -2.32. The number of rotatable bonds is 6. The summed E-state index contributed by atoms with van der Waals surface area (Å²) in [5, 5.41) is 14.0. The lowest BCUT2D eigenvalue weighted by molar-refractivity contribution is 0.0971. The summed E-state index contributed by atoms with van der Waals surface area (Å²) in [6, 6.07) is 11.7. The van der Waals surface area contributed by atoms with E-state index in [1.165, 1.54) is 18.2 Å². The van der Waals surface area contributed by atoms with Crippen LogP contribution in [0, 0.1) is 20.8 Å². The van der Waals surface area contributed by atoms with Gasteiger partial charge < -0.3 is 5.11 Å². The maximum Gasteiger partial charge on any atom is 0.283 e. The van der Waals surface area contributed by atoms with Gasteiger partial charge >= 0.3 is 0 Å². The molecule has 0 radical (unpaired) electrons. The smallest absolute Gasteiger partial charge is 0.283 e. The van der Waals surface area contributed by atoms with Crippen LogP contribution in [0.1, 0.15) is 67.6 Å². The molecule has 3 aromatic rings. The summed E-state index contributed by atoms with van der Waals surface area (Å²) >= 11 is 0. The quantitative estimate of drug-likeness (QED) is 0.557. The second-order valence-electron chi connectivity index (χ2n) is 9.44. The first-order valence-corrected chi connectivity index (χ1v) is 12.2. The standard InChI is InChI=1S/C25H31N3O4S.2H2/c1-16-10-17(2)21(18(3)11-16)14-28-22(13-23(26-28)25(4,5)6)24(30)27-33(31,32)20-9-7-8-19(12-20)15-29;;/h7-13,29H,14-15H2,1-6H3,(H,27,30);2*1H. The van der Waals surface area contributed by atoms with E-state index in [1.54, 1.807) is 16.8 Å². The molecule has 2 aromatic carbocycles. The Hall–Kier alpha value is -2.97. The van der Waals surface area contributed by atoms with Crippen molar-refractivity contribution in [3.05, 3.63) is 81.7 Å². The molecule has 1 heterocycles. The summed E-state index contributed by atoms with van der Waals surface area (Å²) in [4.78, 5) is 13.1. The van der Waals surface area contributed by atoms with Crippen LogP contribution in [0.2, 0.25) is 0 Å². The topological polar surface area (TPSA) is 101 Å². The van der Waals surface area contributed by atoms with Crippen LogP contribution in [0.5, 0.6) is 0 Å². The van der Waals surface area contributed by atoms with Gasteiger partial charge in [0.25, 0.3) is 15.9 Å². The number of sulfonamides is 1. The van der Waals surface area contributed by atoms with Crippen molar-refractivity contribution in [2.75, 3.05) is 0 Å². The third kappa shape index (κ3) is 5.51. The number of benzene rings is 2. The summed E-state index contributed by atoms with van der Waals surface area (Å²) < 4.78 is 29.4. The average molecular weight is 474 g/mol. The van der Waals surface area contributed by atoms with Gasteiger partial charge in [0.2, 0.25) is 0 Å². The minimum atomic E-state index is -4.13. The third-order valence-corrected chi connectivity index (χ3v) is 6.88. The fraction of sp³-hybridized carbons (Fsp3) is 0.360. The molecule has 0 bridgehead atoms. The van der Waals surface area contributed by atoms with Crippen LogP contribution in [0.15, 0.2) is 47.4 Å². The molecule has 3 rings (SSSR count). The zero-order chi connectivity index (χ0) is 24.6. The number of amides is 1. The Morgan fingerprint density at radius 3 is 2.30 bits per heavy atom. The van der Waals surface area contributed by atoms with E-state index in [0.29, 0.717) is 17.8 Å². The van der Waals surface area contributed by atoms with E-state index < -0.39 is 15.9 Å². The highest BCUT2D eigenvalue weighted by atomic mass is 32.2. The molecule has 33 heavy (non-hydrogen) atoms. The van der Waals surface area contributed by atoms with Crippen LogP contribution >= 0.6 is 0 Å². The molecule has 0 saturated carbocycles. The first kappa shape index (κ1) is 24.7. The second kappa shape index (κ2) is 9.11. The van der Waals surface area contributed by atoms with Crippen molar-refractivity contribution in [2.45, 2.75) is 65.0 Å². The molecule has 7 nitrogen and oxygen atoms in total. The Bertz CT molecular complexity index is 1290. The molecule has 0 unspecified atom stereocenters. The van der Waals surface area contributed by atoms with Gasteiger partial charge in [0, 0.05) is 8.27 Å². The van der Waals surface area contributed by atoms with Crippen LogP contribution < -0.4 is 4.72 Å². The van der Waals surface area contributed by atoms with Crippen molar-refractivity contribution in [1.29, 1.82) is 0 Å². The molecule has 2 N–H and O–H groups in total. The molecule has 8 heteroatoms. The summed E-state index contributed by atoms with van der Waals surface area (Å²) in [6.07, 6.45) is 0. The number of nitrogens with one attached hydrogen (secondary N) is 1. The SMILES string of the molecule is Cc1cc(C)c(Cn2nc(C(C)(C)C)cc2C(=O)NS(=O)(=O)c2cccc(CO)c2)c(C)c1.[HH].[HH]. The van der Waals surface area contributed by atoms with Gasteiger partial charge in [-0.15, -0.1) is 0 Å². The molecule has 0 spiro atoms. The second-order valence-corrected chi connectivity index (χ2v) is 11.1. The fourth-order valence-electron chi connectivity index (χ4n) is 3.74. The van der Waals surface area contributed by atoms with Gasteiger partial charge in [-0.2, -0.15) is 5.10 Å². The first-order chi connectivity index (χ1) is 15.3. The Balaban J connectivity index is 0.00000306. The molecule has 0 fully saturated rings. The minimum Gasteiger partial charge on any atom is -0.392 e. The Morgan fingerprint density at radius 2 is 1.73 bits per heavy atom. The van der Waals surface area contributed by atoms with Gasteiger partial charge in [-0.3, -0.25) is 9.48 Å². The van der Waals surface area contributed by atoms with Gasteiger partial charge in [0.15, 0.2) is 0 Å². The van der Waals surface area contributed by atoms with Crippen molar-refractivity contribution >= 4 is 15.9 Å². The van der Waals surface area contributed by atoms with E-state index in [0.717, 1.165) is 22.3 Å². The van der Waals surface area contributed by atoms with Crippen LogP contribution in [-0.4, -0.2) is 29.2 Å². The van der Waals surface area contributed by atoms with Gasteiger partial charge in [-0.1, -0.05) is 50.6 Å². The Labute approximate surface area is 198 Å². The van der Waals surface area contributed by atoms with E-state index in [-0.39, 0.29) is 25.5 Å². The molecule has 0 aliphatic rings. The van der Waals surface area contributed by atoms with Crippen molar-refractivity contribution in [3.63, 3.8) is 0 Å². The van der Waals surface area contributed by atoms with E-state index >= 15 is 0 Å². The molecular formula is C25H35N3O4S. The number of aliphatic hydroxyl groups is 1. The number of nitrogens with zero attached hydrogens (tertiary/aromatic N) is 2. The highest BCUT2D eigenvalue weighted by Gasteiger charge is 2.26. The summed E-state index contributed by atoms with van der Waals surface area (Å²) in [6.45, 7) is 12.1. The normalized spacial score (nSPS) is 12.1. The number of hydrogen-bond donors (Lipinski definition) is 2. The summed E-state index contributed by atoms with van der Waals surface area (Å²) in [5.74, 6) is -0.755. The average Bonchev–Trinajstić information content (AvgIpc) is 3.15. The maximum absolute atomic E-state index is 13.2. The molecule has 0 saturated heterocycles. The Kier molecular flexibility index (Phi) is 6.81. The minimum absolute atomic E-state index is 0. The van der Waals surface area contributed by atoms with E-state index in [4.69, 9.17) is 0 Å². The Morgan fingerprint density at radius 1 is 1.09 bits per heavy atom. The van der Waals surface area contributed by atoms with Gasteiger partial charge in [-0.05, 0) is 61.2 Å². The van der Waals surface area contributed by atoms with Crippen molar-refractivity contribution in [2.24, 2.45) is 0 Å². The molecule has 0 aliphatic heterocycles. The summed E-state index contributed by atoms with van der Waals surface area (Å²) in [7, 11) is -4.13. The lowest BCUT2D eigenvalue weighted by Gasteiger charge is -2.15. The van der Waals surface area contributed by atoms with Gasteiger partial charge in [0.1, 0.15) is 5.69 Å². The van der Waals surface area contributed by atoms with E-state index in [2.05, 4.69) is 22.0 Å². The predicted molar refractivity (Wildman–Crippen MR) is 132 cm³/mol. The molecular weight excluding hydrogens is 438 g/mol. The van der Waals surface area contributed by atoms with Crippen molar-refractivity contribution in [3.8, 4) is 0 Å². The number of aromatic nitrogens is 2. The highest BCUT2D eigenvalue weighted by molar-refractivity contribution is 7.90. The van der Waals surface area contributed by atoms with Crippen LogP contribution in [0.25, 0.3) is 0 Å². The van der Waals surface area contributed by atoms with Crippen LogP contribution in [0.4, 0.5) is 0 Å². The number of aliphatic hydroxyl groups excluding tert-OH is 1. The number of carbonyl (C=O) groups is 1. The van der Waals surface area contributed by atoms with Crippen molar-refractivity contribution in [1.82, 2.24) is 14.5 Å². The van der Waals surface area contributed by atoms with Crippen LogP contribution in [-0.2, 0) is 28.6 Å². The highest BCUT2D eigenvalue weighted by Crippen LogP contribution is 2.24. The molecule has 180 valence electrons. The molecule has 0 aliphatic carbocycles. The first-order valence-electron chi connectivity index (χ1n) is 10.7. The van der Waals surface area contributed by atoms with Crippen molar-refractivity contribution < 1.29 is 21.2 Å². The van der Waals surface area contributed by atoms with E-state index in [9.17, 15) is 18.3 Å². The fourth-order valence-corrected chi connectivity index (χ4v) is 4.77. The number of carbonyl (C=O) groups excluding carboxylic acids is 1. The third-order valence-electron chi connectivity index (χ3n) is 5.55. The summed E-state index contributed by atoms with van der Waals surface area (Å²) in [5.41, 5.74) is 5.33. The predicted octanol–water partition coefficient (Wildman–Crippen LogP) is 4.26. The zero-order valence-corrected chi connectivity index (χ0v) is 20.7. The molecule has 1 amide bonds. The molecule has 0 atom stereocenters.